The largest absolute Gasteiger partial charge is 0.391 e. The van der Waals surface area contributed by atoms with Crippen molar-refractivity contribution >= 4 is 23.4 Å². The SMILES string of the molecule is Cc1cnc2c(c1)[nH]c(=S)n2C(C)CC(F)(F)F. The topological polar surface area (TPSA) is 33.6 Å². The third-order valence-electron chi connectivity index (χ3n) is 2.66. The van der Waals surface area contributed by atoms with E-state index in [0.717, 1.165) is 5.56 Å². The van der Waals surface area contributed by atoms with Crippen LogP contribution >= 0.6 is 12.2 Å². The number of aromatic amines is 1. The van der Waals surface area contributed by atoms with Crippen molar-refractivity contribution in [1.29, 1.82) is 0 Å². The number of aryl methyl sites for hydroxylation is 1. The van der Waals surface area contributed by atoms with Gasteiger partial charge in [-0.2, -0.15) is 13.2 Å². The molecule has 0 bridgehead atoms. The number of rotatable bonds is 2. The molecule has 2 heterocycles. The first-order chi connectivity index (χ1) is 8.28. The predicted molar refractivity (Wildman–Crippen MR) is 65.0 cm³/mol. The van der Waals surface area contributed by atoms with Crippen molar-refractivity contribution in [3.05, 3.63) is 22.6 Å². The lowest BCUT2D eigenvalue weighted by atomic mass is 10.2. The Labute approximate surface area is 107 Å². The number of fused-ring (bicyclic) bond motifs is 1. The number of alkyl halides is 3. The highest BCUT2D eigenvalue weighted by Gasteiger charge is 2.31. The van der Waals surface area contributed by atoms with Crippen LogP contribution in [-0.4, -0.2) is 20.7 Å². The molecular formula is C11H12F3N3S. The number of nitrogens with zero attached hydrogens (tertiary/aromatic N) is 2. The number of pyridine rings is 1. The molecule has 0 spiro atoms. The average Bonchev–Trinajstić information content (AvgIpc) is 2.50. The maximum atomic E-state index is 12.4. The Bertz CT molecular complexity index is 626. The van der Waals surface area contributed by atoms with Crippen LogP contribution in [0.5, 0.6) is 0 Å². The van der Waals surface area contributed by atoms with Gasteiger partial charge in [0.1, 0.15) is 0 Å². The predicted octanol–water partition coefficient (Wildman–Crippen LogP) is 3.92. The second-order valence-corrected chi connectivity index (χ2v) is 4.74. The molecule has 0 aromatic carbocycles. The van der Waals surface area contributed by atoms with Gasteiger partial charge in [0, 0.05) is 12.2 Å². The molecule has 18 heavy (non-hydrogen) atoms. The fourth-order valence-corrected chi connectivity index (χ4v) is 2.33. The molecule has 0 fully saturated rings. The van der Waals surface area contributed by atoms with Gasteiger partial charge in [0.2, 0.25) is 0 Å². The lowest BCUT2D eigenvalue weighted by Crippen LogP contribution is -2.16. The zero-order valence-corrected chi connectivity index (χ0v) is 10.7. The summed E-state index contributed by atoms with van der Waals surface area (Å²) < 4.78 is 38.9. The summed E-state index contributed by atoms with van der Waals surface area (Å²) in [7, 11) is 0. The van der Waals surface area contributed by atoms with Gasteiger partial charge in [-0.3, -0.25) is 4.57 Å². The Balaban J connectivity index is 2.51. The lowest BCUT2D eigenvalue weighted by molar-refractivity contribution is -0.141. The second-order valence-electron chi connectivity index (χ2n) is 4.35. The molecule has 2 aromatic rings. The quantitative estimate of drug-likeness (QED) is 0.843. The summed E-state index contributed by atoms with van der Waals surface area (Å²) in [6, 6.07) is 1.04. The van der Waals surface area contributed by atoms with E-state index >= 15 is 0 Å². The van der Waals surface area contributed by atoms with Gasteiger partial charge in [0.15, 0.2) is 10.4 Å². The van der Waals surface area contributed by atoms with Crippen molar-refractivity contribution in [2.45, 2.75) is 32.5 Å². The molecule has 2 rings (SSSR count). The van der Waals surface area contributed by atoms with E-state index in [1.807, 2.05) is 13.0 Å². The van der Waals surface area contributed by atoms with Crippen LogP contribution in [0.15, 0.2) is 12.3 Å². The molecule has 7 heteroatoms. The van der Waals surface area contributed by atoms with Crippen LogP contribution in [0.2, 0.25) is 0 Å². The van der Waals surface area contributed by atoms with E-state index in [2.05, 4.69) is 9.97 Å². The van der Waals surface area contributed by atoms with E-state index in [1.54, 1.807) is 6.20 Å². The summed E-state index contributed by atoms with van der Waals surface area (Å²) in [5.74, 6) is 0. The minimum atomic E-state index is -4.22. The van der Waals surface area contributed by atoms with E-state index in [4.69, 9.17) is 12.2 Å². The van der Waals surface area contributed by atoms with Crippen LogP contribution in [0.1, 0.15) is 24.9 Å². The number of hydrogen-bond donors (Lipinski definition) is 1. The van der Waals surface area contributed by atoms with E-state index in [0.29, 0.717) is 11.2 Å². The number of nitrogens with one attached hydrogen (secondary N) is 1. The van der Waals surface area contributed by atoms with E-state index in [1.165, 1.54) is 11.5 Å². The van der Waals surface area contributed by atoms with Gasteiger partial charge in [-0.1, -0.05) is 0 Å². The zero-order valence-electron chi connectivity index (χ0n) is 9.88. The van der Waals surface area contributed by atoms with Crippen LogP contribution in [0.25, 0.3) is 11.2 Å². The third kappa shape index (κ3) is 2.55. The summed E-state index contributed by atoms with van der Waals surface area (Å²) in [4.78, 5) is 7.03. The Morgan fingerprint density at radius 3 is 2.78 bits per heavy atom. The van der Waals surface area contributed by atoms with Gasteiger partial charge in [0.05, 0.1) is 11.9 Å². The maximum absolute atomic E-state index is 12.4. The summed E-state index contributed by atoms with van der Waals surface area (Å²) in [6.07, 6.45) is -3.53. The average molecular weight is 275 g/mol. The summed E-state index contributed by atoms with van der Waals surface area (Å²) >= 11 is 5.06. The summed E-state index contributed by atoms with van der Waals surface area (Å²) in [6.45, 7) is 3.35. The highest BCUT2D eigenvalue weighted by atomic mass is 32.1. The van der Waals surface area contributed by atoms with E-state index in [-0.39, 0.29) is 4.77 Å². The van der Waals surface area contributed by atoms with Gasteiger partial charge < -0.3 is 4.98 Å². The van der Waals surface area contributed by atoms with Gasteiger partial charge in [-0.05, 0) is 37.7 Å². The van der Waals surface area contributed by atoms with Crippen molar-refractivity contribution in [2.24, 2.45) is 0 Å². The highest BCUT2D eigenvalue weighted by molar-refractivity contribution is 7.71. The number of imidazole rings is 1. The third-order valence-corrected chi connectivity index (χ3v) is 2.96. The first-order valence-electron chi connectivity index (χ1n) is 5.41. The molecule has 3 nitrogen and oxygen atoms in total. The first kappa shape index (κ1) is 13.1. The standard InChI is InChI=1S/C11H12F3N3S/c1-6-3-8-9(15-5-6)17(10(18)16-8)7(2)4-11(12,13)14/h3,5,7H,4H2,1-2H3,(H,16,18). The molecule has 1 unspecified atom stereocenters. The van der Waals surface area contributed by atoms with Crippen molar-refractivity contribution in [1.82, 2.24) is 14.5 Å². The second kappa shape index (κ2) is 4.38. The summed E-state index contributed by atoms with van der Waals surface area (Å²) in [5.41, 5.74) is 2.05. The van der Waals surface area contributed by atoms with Gasteiger partial charge >= 0.3 is 6.18 Å². The van der Waals surface area contributed by atoms with Gasteiger partial charge in [0.25, 0.3) is 0 Å². The minimum absolute atomic E-state index is 0.264. The molecule has 0 amide bonds. The number of hydrogen-bond acceptors (Lipinski definition) is 2. The van der Waals surface area contributed by atoms with Crippen LogP contribution in [-0.2, 0) is 0 Å². The summed E-state index contributed by atoms with van der Waals surface area (Å²) in [5, 5.41) is 0. The molecule has 1 atom stereocenters. The molecule has 98 valence electrons. The van der Waals surface area contributed by atoms with Crippen LogP contribution in [0.4, 0.5) is 13.2 Å². The van der Waals surface area contributed by atoms with Crippen LogP contribution in [0.3, 0.4) is 0 Å². The Kier molecular flexibility index (Phi) is 3.18. The van der Waals surface area contributed by atoms with Crippen molar-refractivity contribution < 1.29 is 13.2 Å². The molecule has 0 aliphatic carbocycles. The van der Waals surface area contributed by atoms with E-state index in [9.17, 15) is 13.2 Å². The molecule has 0 saturated carbocycles. The normalized spacial score (nSPS) is 14.1. The first-order valence-corrected chi connectivity index (χ1v) is 5.82. The number of aromatic nitrogens is 3. The Morgan fingerprint density at radius 2 is 2.17 bits per heavy atom. The molecule has 0 radical (unpaired) electrons. The lowest BCUT2D eigenvalue weighted by Gasteiger charge is -2.15. The monoisotopic (exact) mass is 275 g/mol. The Morgan fingerprint density at radius 1 is 1.50 bits per heavy atom. The zero-order chi connectivity index (χ0) is 13.5. The van der Waals surface area contributed by atoms with Crippen molar-refractivity contribution in [3.8, 4) is 0 Å². The fourth-order valence-electron chi connectivity index (χ4n) is 1.95. The highest BCUT2D eigenvalue weighted by Crippen LogP contribution is 2.29. The molecule has 1 N–H and O–H groups in total. The van der Waals surface area contributed by atoms with Gasteiger partial charge in [-0.15, -0.1) is 0 Å². The van der Waals surface area contributed by atoms with Crippen molar-refractivity contribution in [3.63, 3.8) is 0 Å². The van der Waals surface area contributed by atoms with Crippen molar-refractivity contribution in [2.75, 3.05) is 0 Å². The molecular weight excluding hydrogens is 263 g/mol. The molecule has 2 aromatic heterocycles. The van der Waals surface area contributed by atoms with Gasteiger partial charge in [-0.25, -0.2) is 4.98 Å². The Hall–Kier alpha value is -1.37. The molecule has 0 saturated heterocycles. The molecule has 0 aliphatic rings. The van der Waals surface area contributed by atoms with E-state index < -0.39 is 18.6 Å². The minimum Gasteiger partial charge on any atom is -0.329 e. The maximum Gasteiger partial charge on any atom is 0.391 e. The smallest absolute Gasteiger partial charge is 0.329 e. The number of halogens is 3. The number of H-pyrrole nitrogens is 1. The van der Waals surface area contributed by atoms with Crippen LogP contribution < -0.4 is 0 Å². The fraction of sp³-hybridized carbons (Fsp3) is 0.455. The van der Waals surface area contributed by atoms with Crippen LogP contribution in [0, 0.1) is 11.7 Å². The molecule has 0 aliphatic heterocycles.